The summed E-state index contributed by atoms with van der Waals surface area (Å²) in [7, 11) is 1.96. The molecule has 0 aromatic heterocycles. The molecule has 0 saturated carbocycles. The number of rotatable bonds is 6. The van der Waals surface area contributed by atoms with Crippen molar-refractivity contribution in [3.63, 3.8) is 0 Å². The summed E-state index contributed by atoms with van der Waals surface area (Å²) in [5.74, 6) is -0.756. The van der Waals surface area contributed by atoms with Gasteiger partial charge in [-0.15, -0.1) is 0 Å². The summed E-state index contributed by atoms with van der Waals surface area (Å²) >= 11 is 3.45. The van der Waals surface area contributed by atoms with Crippen molar-refractivity contribution in [1.82, 2.24) is 4.90 Å². The fourth-order valence-electron chi connectivity index (χ4n) is 2.24. The van der Waals surface area contributed by atoms with Gasteiger partial charge in [-0.3, -0.25) is 4.79 Å². The Morgan fingerprint density at radius 2 is 2.26 bits per heavy atom. The summed E-state index contributed by atoms with van der Waals surface area (Å²) in [5.41, 5.74) is 0.543. The normalized spacial score (nSPS) is 17.2. The second-order valence-electron chi connectivity index (χ2n) is 5.20. The van der Waals surface area contributed by atoms with E-state index in [4.69, 9.17) is 4.74 Å². The van der Waals surface area contributed by atoms with Crippen LogP contribution in [-0.2, 0) is 16.0 Å². The molecular formula is C14H18BrNO3. The second-order valence-corrected chi connectivity index (χ2v) is 6.11. The molecule has 1 aromatic rings. The number of likely N-dealkylation sites (N-methyl/N-ethyl adjacent to an activating group) is 1. The van der Waals surface area contributed by atoms with Gasteiger partial charge in [0, 0.05) is 17.6 Å². The number of aliphatic carboxylic acids is 1. The molecule has 1 aromatic carbocycles. The molecule has 1 saturated heterocycles. The van der Waals surface area contributed by atoms with E-state index in [-0.39, 0.29) is 0 Å². The monoisotopic (exact) mass is 327 g/mol. The van der Waals surface area contributed by atoms with Crippen molar-refractivity contribution >= 4 is 21.9 Å². The van der Waals surface area contributed by atoms with E-state index in [1.807, 2.05) is 19.2 Å². The van der Waals surface area contributed by atoms with Gasteiger partial charge in [-0.05, 0) is 31.2 Å². The number of hydrogen-bond donors (Lipinski definition) is 1. The smallest absolute Gasteiger partial charge is 0.315 e. The molecule has 4 nitrogen and oxygen atoms in total. The van der Waals surface area contributed by atoms with E-state index in [1.165, 1.54) is 5.56 Å². The number of ether oxygens (including phenoxy) is 1. The van der Waals surface area contributed by atoms with Gasteiger partial charge in [0.05, 0.1) is 13.2 Å². The van der Waals surface area contributed by atoms with Gasteiger partial charge in [-0.1, -0.05) is 28.1 Å². The van der Waals surface area contributed by atoms with Gasteiger partial charge in [0.15, 0.2) is 0 Å². The lowest BCUT2D eigenvalue weighted by atomic mass is 9.85. The minimum Gasteiger partial charge on any atom is -0.481 e. The van der Waals surface area contributed by atoms with Crippen molar-refractivity contribution in [3.05, 3.63) is 34.3 Å². The summed E-state index contributed by atoms with van der Waals surface area (Å²) < 4.78 is 6.14. The molecule has 0 aliphatic carbocycles. The first-order chi connectivity index (χ1) is 9.02. The van der Waals surface area contributed by atoms with Crippen LogP contribution in [0.15, 0.2) is 28.7 Å². The van der Waals surface area contributed by atoms with E-state index in [9.17, 15) is 9.90 Å². The van der Waals surface area contributed by atoms with E-state index in [0.717, 1.165) is 17.4 Å². The molecule has 0 unspecified atom stereocenters. The van der Waals surface area contributed by atoms with E-state index < -0.39 is 11.4 Å². The zero-order valence-electron chi connectivity index (χ0n) is 10.9. The Balaban J connectivity index is 1.85. The highest BCUT2D eigenvalue weighted by Crippen LogP contribution is 2.28. The summed E-state index contributed by atoms with van der Waals surface area (Å²) in [4.78, 5) is 13.3. The third kappa shape index (κ3) is 3.55. The Hall–Kier alpha value is -0.910. The Morgan fingerprint density at radius 3 is 2.79 bits per heavy atom. The molecule has 0 radical (unpaired) electrons. The molecule has 1 fully saturated rings. The van der Waals surface area contributed by atoms with Crippen LogP contribution in [0, 0.1) is 5.41 Å². The average Bonchev–Trinajstić information content (AvgIpc) is 2.31. The second kappa shape index (κ2) is 6.03. The SMILES string of the molecule is CN(CCc1cccc(Br)c1)CC1(C(=O)O)COC1. The molecule has 0 amide bonds. The average molecular weight is 328 g/mol. The summed E-state index contributed by atoms with van der Waals surface area (Å²) in [6.07, 6.45) is 0.909. The van der Waals surface area contributed by atoms with Crippen LogP contribution in [0.25, 0.3) is 0 Å². The third-order valence-electron chi connectivity index (χ3n) is 3.45. The zero-order valence-corrected chi connectivity index (χ0v) is 12.5. The van der Waals surface area contributed by atoms with Gasteiger partial charge >= 0.3 is 5.97 Å². The molecule has 5 heteroatoms. The molecule has 19 heavy (non-hydrogen) atoms. The van der Waals surface area contributed by atoms with Gasteiger partial charge in [0.25, 0.3) is 0 Å². The molecule has 1 heterocycles. The maximum absolute atomic E-state index is 11.2. The highest BCUT2D eigenvalue weighted by molar-refractivity contribution is 9.10. The molecule has 1 N–H and O–H groups in total. The Labute approximate surface area is 121 Å². The largest absolute Gasteiger partial charge is 0.481 e. The van der Waals surface area contributed by atoms with Crippen LogP contribution in [0.3, 0.4) is 0 Å². The minimum absolute atomic E-state index is 0.323. The summed E-state index contributed by atoms with van der Waals surface area (Å²) in [6, 6.07) is 8.18. The predicted octanol–water partition coefficient (Wildman–Crippen LogP) is 2.02. The Kier molecular flexibility index (Phi) is 4.60. The van der Waals surface area contributed by atoms with Crippen molar-refractivity contribution in [1.29, 1.82) is 0 Å². The number of halogens is 1. The molecule has 0 spiro atoms. The van der Waals surface area contributed by atoms with Gasteiger partial charge in [-0.2, -0.15) is 0 Å². The highest BCUT2D eigenvalue weighted by atomic mass is 79.9. The van der Waals surface area contributed by atoms with Crippen LogP contribution in [0.1, 0.15) is 5.56 Å². The van der Waals surface area contributed by atoms with Crippen LogP contribution in [0.4, 0.5) is 0 Å². The van der Waals surface area contributed by atoms with Crippen molar-refractivity contribution in [3.8, 4) is 0 Å². The van der Waals surface area contributed by atoms with Gasteiger partial charge in [-0.25, -0.2) is 0 Å². The van der Waals surface area contributed by atoms with Crippen molar-refractivity contribution in [2.24, 2.45) is 5.41 Å². The number of hydrogen-bond acceptors (Lipinski definition) is 3. The first-order valence-corrected chi connectivity index (χ1v) is 7.05. The maximum atomic E-state index is 11.2. The highest BCUT2D eigenvalue weighted by Gasteiger charge is 2.46. The number of carboxylic acid groups (broad SMARTS) is 1. The van der Waals surface area contributed by atoms with Gasteiger partial charge in [0.2, 0.25) is 0 Å². The van der Waals surface area contributed by atoms with Crippen LogP contribution in [0.2, 0.25) is 0 Å². The van der Waals surface area contributed by atoms with E-state index >= 15 is 0 Å². The summed E-state index contributed by atoms with van der Waals surface area (Å²) in [5, 5.41) is 9.24. The number of benzene rings is 1. The molecule has 104 valence electrons. The number of nitrogens with zero attached hydrogens (tertiary/aromatic N) is 1. The first kappa shape index (κ1) is 14.5. The van der Waals surface area contributed by atoms with E-state index in [1.54, 1.807) is 0 Å². The molecule has 0 bridgehead atoms. The standard InChI is InChI=1S/C14H18BrNO3/c1-16(8-14(13(17)18)9-19-10-14)6-5-11-3-2-4-12(15)7-11/h2-4,7H,5-6,8-10H2,1H3,(H,17,18). The third-order valence-corrected chi connectivity index (χ3v) is 3.95. The van der Waals surface area contributed by atoms with Crippen molar-refractivity contribution in [2.75, 3.05) is 33.4 Å². The first-order valence-electron chi connectivity index (χ1n) is 6.26. The lowest BCUT2D eigenvalue weighted by Crippen LogP contribution is -2.55. The molecule has 1 aliphatic rings. The minimum atomic E-state index is -0.756. The van der Waals surface area contributed by atoms with Gasteiger partial charge < -0.3 is 14.7 Å². The Bertz CT molecular complexity index is 460. The number of carbonyl (C=O) groups is 1. The lowest BCUT2D eigenvalue weighted by Gasteiger charge is -2.40. The van der Waals surface area contributed by atoms with Gasteiger partial charge in [0.1, 0.15) is 5.41 Å². The van der Waals surface area contributed by atoms with Crippen molar-refractivity contribution < 1.29 is 14.6 Å². The van der Waals surface area contributed by atoms with Crippen LogP contribution in [-0.4, -0.2) is 49.3 Å². The molecular weight excluding hydrogens is 310 g/mol. The van der Waals surface area contributed by atoms with Crippen LogP contribution in [0.5, 0.6) is 0 Å². The zero-order chi connectivity index (χ0) is 13.9. The van der Waals surface area contributed by atoms with Crippen LogP contribution < -0.4 is 0 Å². The summed E-state index contributed by atoms with van der Waals surface area (Å²) in [6.45, 7) is 2.02. The van der Waals surface area contributed by atoms with E-state index in [0.29, 0.717) is 19.8 Å². The maximum Gasteiger partial charge on any atom is 0.315 e. The molecule has 1 aliphatic heterocycles. The van der Waals surface area contributed by atoms with Crippen LogP contribution >= 0.6 is 15.9 Å². The quantitative estimate of drug-likeness (QED) is 0.868. The molecule has 2 rings (SSSR count). The topological polar surface area (TPSA) is 49.8 Å². The lowest BCUT2D eigenvalue weighted by molar-refractivity contribution is -0.182. The fraction of sp³-hybridized carbons (Fsp3) is 0.500. The number of carboxylic acids is 1. The Morgan fingerprint density at radius 1 is 1.53 bits per heavy atom. The van der Waals surface area contributed by atoms with E-state index in [2.05, 4.69) is 33.0 Å². The molecule has 0 atom stereocenters. The van der Waals surface area contributed by atoms with Crippen molar-refractivity contribution in [2.45, 2.75) is 6.42 Å². The fourth-order valence-corrected chi connectivity index (χ4v) is 2.69. The predicted molar refractivity (Wildman–Crippen MR) is 76.2 cm³/mol.